The standard InChI is InChI=1S/C10H9ClFN/c1-3-6-13-10-7(2)9(12)5-4-8(10)11/h1,4-5,13H,6H2,2H3. The van der Waals surface area contributed by atoms with E-state index in [2.05, 4.69) is 11.2 Å². The number of nitrogens with one attached hydrogen (secondary N) is 1. The molecule has 0 atom stereocenters. The van der Waals surface area contributed by atoms with Gasteiger partial charge in [0, 0.05) is 5.56 Å². The highest BCUT2D eigenvalue weighted by atomic mass is 35.5. The molecule has 0 saturated carbocycles. The molecule has 1 rings (SSSR count). The van der Waals surface area contributed by atoms with Gasteiger partial charge in [-0.05, 0) is 19.1 Å². The fourth-order valence-corrected chi connectivity index (χ4v) is 1.28. The van der Waals surface area contributed by atoms with Gasteiger partial charge in [0.15, 0.2) is 0 Å². The zero-order valence-electron chi connectivity index (χ0n) is 7.20. The number of rotatable bonds is 2. The Balaban J connectivity index is 3.04. The van der Waals surface area contributed by atoms with Crippen LogP contribution in [0.4, 0.5) is 10.1 Å². The fraction of sp³-hybridized carbons (Fsp3) is 0.200. The van der Waals surface area contributed by atoms with Crippen LogP contribution >= 0.6 is 11.6 Å². The highest BCUT2D eigenvalue weighted by Crippen LogP contribution is 2.27. The predicted molar refractivity (Wildman–Crippen MR) is 53.5 cm³/mol. The van der Waals surface area contributed by atoms with Crippen LogP contribution in [0.3, 0.4) is 0 Å². The molecule has 0 fully saturated rings. The third kappa shape index (κ3) is 2.13. The van der Waals surface area contributed by atoms with E-state index in [0.29, 0.717) is 22.8 Å². The van der Waals surface area contributed by atoms with Crippen LogP contribution in [0.2, 0.25) is 5.02 Å². The van der Waals surface area contributed by atoms with Gasteiger partial charge in [-0.25, -0.2) is 4.39 Å². The van der Waals surface area contributed by atoms with Crippen molar-refractivity contribution in [2.45, 2.75) is 6.92 Å². The third-order valence-corrected chi connectivity index (χ3v) is 2.03. The maximum absolute atomic E-state index is 13.0. The summed E-state index contributed by atoms with van der Waals surface area (Å²) in [6.07, 6.45) is 5.07. The molecule has 0 aromatic heterocycles. The van der Waals surface area contributed by atoms with E-state index in [4.69, 9.17) is 18.0 Å². The van der Waals surface area contributed by atoms with Gasteiger partial charge in [0.05, 0.1) is 17.3 Å². The third-order valence-electron chi connectivity index (χ3n) is 1.72. The Labute approximate surface area is 81.9 Å². The van der Waals surface area contributed by atoms with Gasteiger partial charge >= 0.3 is 0 Å². The number of hydrogen-bond donors (Lipinski definition) is 1. The molecule has 0 aliphatic heterocycles. The number of terminal acetylenes is 1. The first-order chi connectivity index (χ1) is 6.16. The zero-order valence-corrected chi connectivity index (χ0v) is 7.95. The maximum atomic E-state index is 13.0. The van der Waals surface area contributed by atoms with Gasteiger partial charge in [-0.2, -0.15) is 0 Å². The van der Waals surface area contributed by atoms with Crippen LogP contribution in [0.5, 0.6) is 0 Å². The smallest absolute Gasteiger partial charge is 0.128 e. The van der Waals surface area contributed by atoms with Gasteiger partial charge in [-0.1, -0.05) is 17.5 Å². The molecule has 1 aromatic rings. The molecule has 0 saturated heterocycles. The van der Waals surface area contributed by atoms with Crippen molar-refractivity contribution in [2.24, 2.45) is 0 Å². The summed E-state index contributed by atoms with van der Waals surface area (Å²) in [7, 11) is 0. The second-order valence-electron chi connectivity index (χ2n) is 2.59. The van der Waals surface area contributed by atoms with Crippen LogP contribution in [-0.2, 0) is 0 Å². The molecule has 68 valence electrons. The lowest BCUT2D eigenvalue weighted by Crippen LogP contribution is -2.02. The van der Waals surface area contributed by atoms with Crippen molar-refractivity contribution in [1.29, 1.82) is 0 Å². The monoisotopic (exact) mass is 197 g/mol. The minimum atomic E-state index is -0.288. The van der Waals surface area contributed by atoms with Crippen molar-refractivity contribution in [3.8, 4) is 12.3 Å². The lowest BCUT2D eigenvalue weighted by Gasteiger charge is -2.09. The summed E-state index contributed by atoms with van der Waals surface area (Å²) in [5.74, 6) is 2.11. The predicted octanol–water partition coefficient (Wildman–Crippen LogP) is 2.83. The van der Waals surface area contributed by atoms with Crippen molar-refractivity contribution >= 4 is 17.3 Å². The molecule has 0 radical (unpaired) electrons. The van der Waals surface area contributed by atoms with Crippen molar-refractivity contribution in [1.82, 2.24) is 0 Å². The van der Waals surface area contributed by atoms with E-state index in [1.165, 1.54) is 12.1 Å². The molecular weight excluding hydrogens is 189 g/mol. The Morgan fingerprint density at radius 2 is 2.31 bits per heavy atom. The van der Waals surface area contributed by atoms with Gasteiger partial charge in [-0.15, -0.1) is 6.42 Å². The molecule has 0 aliphatic carbocycles. The van der Waals surface area contributed by atoms with E-state index in [1.807, 2.05) is 0 Å². The normalized spacial score (nSPS) is 9.38. The number of hydrogen-bond acceptors (Lipinski definition) is 1. The summed E-state index contributed by atoms with van der Waals surface area (Å²) in [5, 5.41) is 3.34. The summed E-state index contributed by atoms with van der Waals surface area (Å²) >= 11 is 5.84. The van der Waals surface area contributed by atoms with Gasteiger partial charge < -0.3 is 5.32 Å². The summed E-state index contributed by atoms with van der Waals surface area (Å²) in [6.45, 7) is 1.99. The summed E-state index contributed by atoms with van der Waals surface area (Å²) in [4.78, 5) is 0. The molecule has 0 heterocycles. The molecule has 0 unspecified atom stereocenters. The van der Waals surface area contributed by atoms with Crippen molar-refractivity contribution < 1.29 is 4.39 Å². The molecule has 0 amide bonds. The second-order valence-corrected chi connectivity index (χ2v) is 2.99. The first-order valence-electron chi connectivity index (χ1n) is 3.78. The molecular formula is C10H9ClFN. The van der Waals surface area contributed by atoms with E-state index in [-0.39, 0.29) is 5.82 Å². The fourth-order valence-electron chi connectivity index (χ4n) is 1.01. The van der Waals surface area contributed by atoms with Crippen LogP contribution in [-0.4, -0.2) is 6.54 Å². The van der Waals surface area contributed by atoms with Crippen LogP contribution in [0.1, 0.15) is 5.56 Å². The van der Waals surface area contributed by atoms with E-state index in [0.717, 1.165) is 0 Å². The average molecular weight is 198 g/mol. The molecule has 1 N–H and O–H groups in total. The van der Waals surface area contributed by atoms with E-state index >= 15 is 0 Å². The van der Waals surface area contributed by atoms with Gasteiger partial charge in [0.25, 0.3) is 0 Å². The lowest BCUT2D eigenvalue weighted by molar-refractivity contribution is 0.619. The number of halogens is 2. The summed E-state index contributed by atoms with van der Waals surface area (Å²) < 4.78 is 13.0. The summed E-state index contributed by atoms with van der Waals surface area (Å²) in [5.41, 5.74) is 1.06. The lowest BCUT2D eigenvalue weighted by atomic mass is 10.2. The number of benzene rings is 1. The first kappa shape index (κ1) is 9.88. The van der Waals surface area contributed by atoms with E-state index in [1.54, 1.807) is 6.92 Å². The first-order valence-corrected chi connectivity index (χ1v) is 4.16. The molecule has 13 heavy (non-hydrogen) atoms. The Morgan fingerprint density at radius 3 is 2.92 bits per heavy atom. The van der Waals surface area contributed by atoms with Crippen LogP contribution in [0, 0.1) is 25.1 Å². The topological polar surface area (TPSA) is 12.0 Å². The minimum absolute atomic E-state index is 0.288. The van der Waals surface area contributed by atoms with Crippen LogP contribution in [0.25, 0.3) is 0 Å². The Morgan fingerprint density at radius 1 is 1.62 bits per heavy atom. The Kier molecular flexibility index (Phi) is 3.16. The van der Waals surface area contributed by atoms with Crippen molar-refractivity contribution in [3.05, 3.63) is 28.5 Å². The SMILES string of the molecule is C#CCNc1c(Cl)ccc(F)c1C. The minimum Gasteiger partial charge on any atom is -0.373 e. The zero-order chi connectivity index (χ0) is 9.84. The highest BCUT2D eigenvalue weighted by molar-refractivity contribution is 6.33. The van der Waals surface area contributed by atoms with Crippen molar-refractivity contribution in [3.63, 3.8) is 0 Å². The van der Waals surface area contributed by atoms with Crippen molar-refractivity contribution in [2.75, 3.05) is 11.9 Å². The molecule has 1 nitrogen and oxygen atoms in total. The molecule has 1 aromatic carbocycles. The highest BCUT2D eigenvalue weighted by Gasteiger charge is 2.06. The van der Waals surface area contributed by atoms with Gasteiger partial charge in [0.1, 0.15) is 5.82 Å². The Bertz CT molecular complexity index is 355. The summed E-state index contributed by atoms with van der Waals surface area (Å²) in [6, 6.07) is 2.83. The molecule has 0 spiro atoms. The second kappa shape index (κ2) is 4.15. The van der Waals surface area contributed by atoms with Crippen LogP contribution < -0.4 is 5.32 Å². The largest absolute Gasteiger partial charge is 0.373 e. The van der Waals surface area contributed by atoms with Crippen LogP contribution in [0.15, 0.2) is 12.1 Å². The Hall–Kier alpha value is -1.20. The quantitative estimate of drug-likeness (QED) is 0.719. The molecule has 3 heteroatoms. The maximum Gasteiger partial charge on any atom is 0.128 e. The molecule has 0 aliphatic rings. The van der Waals surface area contributed by atoms with Gasteiger partial charge in [0.2, 0.25) is 0 Å². The van der Waals surface area contributed by atoms with Gasteiger partial charge in [-0.3, -0.25) is 0 Å². The number of anilines is 1. The van der Waals surface area contributed by atoms with E-state index in [9.17, 15) is 4.39 Å². The molecule has 0 bridgehead atoms. The van der Waals surface area contributed by atoms with E-state index < -0.39 is 0 Å². The average Bonchev–Trinajstić information content (AvgIpc) is 2.12.